The summed E-state index contributed by atoms with van der Waals surface area (Å²) in [5.74, 6) is -0.278. The van der Waals surface area contributed by atoms with Crippen LogP contribution in [0.5, 0.6) is 0 Å². The second-order valence-electron chi connectivity index (χ2n) is 10.1. The van der Waals surface area contributed by atoms with Gasteiger partial charge in [0, 0.05) is 32.4 Å². The molecule has 0 fully saturated rings. The van der Waals surface area contributed by atoms with E-state index in [0.717, 1.165) is 55.8 Å². The summed E-state index contributed by atoms with van der Waals surface area (Å²) in [6.45, 7) is 4.16. The lowest BCUT2D eigenvalue weighted by molar-refractivity contribution is 0.0959. The number of hydrogen-bond donors (Lipinski definition) is 1. The van der Waals surface area contributed by atoms with Gasteiger partial charge in [0.1, 0.15) is 11.6 Å². The second kappa shape index (κ2) is 9.34. The molecule has 0 aliphatic carbocycles. The minimum absolute atomic E-state index is 0.000445. The first-order valence-corrected chi connectivity index (χ1v) is 13.0. The lowest BCUT2D eigenvalue weighted by atomic mass is 10.0. The van der Waals surface area contributed by atoms with E-state index in [1.54, 1.807) is 29.3 Å². The molecule has 4 aromatic carbocycles. The molecule has 40 heavy (non-hydrogen) atoms. The molecule has 0 spiro atoms. The number of amides is 1. The fraction of sp³-hybridized carbons (Fsp3) is 0.156. The zero-order valence-electron chi connectivity index (χ0n) is 22.9. The van der Waals surface area contributed by atoms with Gasteiger partial charge in [-0.1, -0.05) is 30.3 Å². The highest BCUT2D eigenvalue weighted by atomic mass is 19.1. The van der Waals surface area contributed by atoms with Crippen LogP contribution in [0, 0.1) is 19.7 Å². The van der Waals surface area contributed by atoms with E-state index in [-0.39, 0.29) is 11.3 Å². The van der Waals surface area contributed by atoms with Crippen LogP contribution in [0.3, 0.4) is 0 Å². The minimum Gasteiger partial charge on any atom is -0.355 e. The van der Waals surface area contributed by atoms with Crippen molar-refractivity contribution >= 4 is 28.0 Å². The number of aromatic nitrogens is 4. The minimum atomic E-state index is -0.583. The predicted molar refractivity (Wildman–Crippen MR) is 156 cm³/mol. The molecule has 1 amide bonds. The third-order valence-electron chi connectivity index (χ3n) is 7.79. The van der Waals surface area contributed by atoms with Gasteiger partial charge in [-0.3, -0.25) is 18.5 Å². The van der Waals surface area contributed by atoms with Crippen LogP contribution in [0.15, 0.2) is 77.6 Å². The van der Waals surface area contributed by atoms with Crippen LogP contribution in [-0.2, 0) is 14.1 Å². The highest BCUT2D eigenvalue weighted by Crippen LogP contribution is 2.34. The highest BCUT2D eigenvalue weighted by Gasteiger charge is 2.19. The lowest BCUT2D eigenvalue weighted by Crippen LogP contribution is -2.19. The summed E-state index contributed by atoms with van der Waals surface area (Å²) in [6, 6.07) is 22.6. The van der Waals surface area contributed by atoms with Crippen molar-refractivity contribution in [1.82, 2.24) is 24.0 Å². The first kappa shape index (κ1) is 25.3. The van der Waals surface area contributed by atoms with Crippen LogP contribution in [0.2, 0.25) is 0 Å². The predicted octanol–water partition coefficient (Wildman–Crippen LogP) is 5.67. The molecule has 0 saturated heterocycles. The van der Waals surface area contributed by atoms with Crippen molar-refractivity contribution in [2.24, 2.45) is 14.1 Å². The standard InChI is InChI=1S/C32H28FN5O2/c1-18-7-6-8-23(19(18)2)30-35-26-16-21(20-9-12-24(25(33)15-20)31(39)34-3)10-13-27(26)38(30)22-11-14-28-29(17-22)37(5)32(40)36(28)4/h6-17H,1-5H3,(H,34,39). The number of halogens is 1. The van der Waals surface area contributed by atoms with Crippen LogP contribution < -0.4 is 11.0 Å². The molecule has 2 heterocycles. The zero-order valence-corrected chi connectivity index (χ0v) is 22.9. The molecule has 7 nitrogen and oxygen atoms in total. The fourth-order valence-corrected chi connectivity index (χ4v) is 5.34. The van der Waals surface area contributed by atoms with Crippen molar-refractivity contribution < 1.29 is 9.18 Å². The molecular formula is C32H28FN5O2. The van der Waals surface area contributed by atoms with E-state index in [4.69, 9.17) is 4.98 Å². The maximum absolute atomic E-state index is 14.8. The Kier molecular flexibility index (Phi) is 5.91. The number of imidazole rings is 2. The van der Waals surface area contributed by atoms with Gasteiger partial charge in [0.05, 0.1) is 27.6 Å². The number of nitrogens with one attached hydrogen (secondary N) is 1. The summed E-state index contributed by atoms with van der Waals surface area (Å²) >= 11 is 0. The van der Waals surface area contributed by atoms with Crippen molar-refractivity contribution in [1.29, 1.82) is 0 Å². The Bertz CT molecular complexity index is 2050. The molecule has 0 saturated carbocycles. The summed E-state index contributed by atoms with van der Waals surface area (Å²) in [7, 11) is 5.01. The maximum atomic E-state index is 14.8. The van der Waals surface area contributed by atoms with E-state index in [2.05, 4.69) is 35.9 Å². The number of nitrogens with zero attached hydrogens (tertiary/aromatic N) is 4. The molecular weight excluding hydrogens is 505 g/mol. The molecule has 6 rings (SSSR count). The van der Waals surface area contributed by atoms with Crippen LogP contribution in [-0.4, -0.2) is 31.6 Å². The highest BCUT2D eigenvalue weighted by molar-refractivity contribution is 5.95. The Morgan fingerprint density at radius 1 is 0.850 bits per heavy atom. The molecule has 0 aliphatic heterocycles. The second-order valence-corrected chi connectivity index (χ2v) is 10.1. The van der Waals surface area contributed by atoms with E-state index < -0.39 is 11.7 Å². The van der Waals surface area contributed by atoms with Crippen LogP contribution in [0.1, 0.15) is 21.5 Å². The van der Waals surface area contributed by atoms with E-state index in [1.165, 1.54) is 19.2 Å². The average Bonchev–Trinajstić information content (AvgIpc) is 3.44. The number of hydrogen-bond acceptors (Lipinski definition) is 3. The molecule has 0 unspecified atom stereocenters. The SMILES string of the molecule is CNC(=O)c1ccc(-c2ccc3c(c2)nc(-c2cccc(C)c2C)n3-c2ccc3c(c2)n(C)c(=O)n3C)cc1F. The molecule has 6 aromatic rings. The molecule has 0 atom stereocenters. The Hall–Kier alpha value is -4.98. The van der Waals surface area contributed by atoms with Gasteiger partial charge >= 0.3 is 5.69 Å². The van der Waals surface area contributed by atoms with Crippen molar-refractivity contribution in [2.75, 3.05) is 7.05 Å². The Labute approximate surface area is 230 Å². The van der Waals surface area contributed by atoms with Gasteiger partial charge in [0.25, 0.3) is 5.91 Å². The number of carbonyl (C=O) groups excluding carboxylic acids is 1. The molecule has 1 N–H and O–H groups in total. The largest absolute Gasteiger partial charge is 0.355 e. The Balaban J connectivity index is 1.59. The summed E-state index contributed by atoms with van der Waals surface area (Å²) < 4.78 is 20.1. The third-order valence-corrected chi connectivity index (χ3v) is 7.79. The first-order chi connectivity index (χ1) is 19.2. The number of benzene rings is 4. The summed E-state index contributed by atoms with van der Waals surface area (Å²) in [6.07, 6.45) is 0. The monoisotopic (exact) mass is 533 g/mol. The molecule has 0 aliphatic rings. The molecule has 8 heteroatoms. The van der Waals surface area contributed by atoms with Crippen molar-refractivity contribution in [3.63, 3.8) is 0 Å². The van der Waals surface area contributed by atoms with Gasteiger partial charge in [-0.05, 0) is 78.6 Å². The number of aryl methyl sites for hydroxylation is 3. The summed E-state index contributed by atoms with van der Waals surface area (Å²) in [5, 5.41) is 2.46. The van der Waals surface area contributed by atoms with E-state index in [9.17, 15) is 14.0 Å². The summed E-state index contributed by atoms with van der Waals surface area (Å²) in [5.41, 5.74) is 8.79. The average molecular weight is 534 g/mol. The van der Waals surface area contributed by atoms with Crippen LogP contribution >= 0.6 is 0 Å². The van der Waals surface area contributed by atoms with Gasteiger partial charge in [-0.25, -0.2) is 14.2 Å². The quantitative estimate of drug-likeness (QED) is 0.318. The Morgan fingerprint density at radius 2 is 1.55 bits per heavy atom. The van der Waals surface area contributed by atoms with Crippen molar-refractivity contribution in [3.8, 4) is 28.2 Å². The number of fused-ring (bicyclic) bond motifs is 2. The molecule has 200 valence electrons. The van der Waals surface area contributed by atoms with Crippen LogP contribution in [0.25, 0.3) is 50.3 Å². The van der Waals surface area contributed by atoms with E-state index in [1.807, 2.05) is 42.5 Å². The van der Waals surface area contributed by atoms with Gasteiger partial charge in [0.2, 0.25) is 0 Å². The van der Waals surface area contributed by atoms with E-state index >= 15 is 0 Å². The molecule has 2 aromatic heterocycles. The van der Waals surface area contributed by atoms with Gasteiger partial charge < -0.3 is 5.32 Å². The van der Waals surface area contributed by atoms with Crippen molar-refractivity contribution in [2.45, 2.75) is 13.8 Å². The Morgan fingerprint density at radius 3 is 2.30 bits per heavy atom. The molecule has 0 bridgehead atoms. The topological polar surface area (TPSA) is 73.8 Å². The van der Waals surface area contributed by atoms with Crippen LogP contribution in [0.4, 0.5) is 4.39 Å². The normalized spacial score (nSPS) is 11.4. The van der Waals surface area contributed by atoms with Gasteiger partial charge in [0.15, 0.2) is 0 Å². The number of carbonyl (C=O) groups is 1. The fourth-order valence-electron chi connectivity index (χ4n) is 5.34. The molecule has 0 radical (unpaired) electrons. The first-order valence-electron chi connectivity index (χ1n) is 13.0. The van der Waals surface area contributed by atoms with E-state index in [0.29, 0.717) is 5.56 Å². The van der Waals surface area contributed by atoms with Crippen molar-refractivity contribution in [3.05, 3.63) is 106 Å². The lowest BCUT2D eigenvalue weighted by Gasteiger charge is -2.13. The summed E-state index contributed by atoms with van der Waals surface area (Å²) in [4.78, 5) is 29.6. The van der Waals surface area contributed by atoms with Gasteiger partial charge in [-0.15, -0.1) is 0 Å². The van der Waals surface area contributed by atoms with Gasteiger partial charge in [-0.2, -0.15) is 0 Å². The zero-order chi connectivity index (χ0) is 28.3. The third kappa shape index (κ3) is 3.83. The maximum Gasteiger partial charge on any atom is 0.328 e. The number of rotatable bonds is 4. The smallest absolute Gasteiger partial charge is 0.328 e.